The lowest BCUT2D eigenvalue weighted by atomic mass is 10.0. The van der Waals surface area contributed by atoms with E-state index in [1.54, 1.807) is 7.11 Å². The first-order chi connectivity index (χ1) is 8.40. The molecule has 3 aromatic rings. The minimum absolute atomic E-state index is 0.895. The third-order valence-corrected chi connectivity index (χ3v) is 3.36. The molecule has 0 spiro atoms. The van der Waals surface area contributed by atoms with E-state index in [1.165, 1.54) is 16.9 Å². The summed E-state index contributed by atoms with van der Waals surface area (Å²) in [7, 11) is 1.70. The number of methoxy groups -OCH3 is 1. The van der Waals surface area contributed by atoms with Gasteiger partial charge in [0.05, 0.1) is 12.8 Å². The summed E-state index contributed by atoms with van der Waals surface area (Å²) in [5.74, 6) is 0.895. The van der Waals surface area contributed by atoms with Crippen LogP contribution >= 0.6 is 11.5 Å². The Morgan fingerprint density at radius 3 is 2.59 bits per heavy atom. The van der Waals surface area contributed by atoms with Gasteiger partial charge in [-0.1, -0.05) is 30.3 Å². The van der Waals surface area contributed by atoms with Gasteiger partial charge in [-0.05, 0) is 29.1 Å². The van der Waals surface area contributed by atoms with Gasteiger partial charge >= 0.3 is 0 Å². The monoisotopic (exact) mass is 241 g/mol. The Bertz CT molecular complexity index is 641. The van der Waals surface area contributed by atoms with Gasteiger partial charge in [-0.3, -0.25) is 0 Å². The van der Waals surface area contributed by atoms with Crippen molar-refractivity contribution in [1.82, 2.24) is 4.37 Å². The lowest BCUT2D eigenvalue weighted by Crippen LogP contribution is -1.87. The molecule has 0 unspecified atom stereocenters. The molecule has 2 aromatic carbocycles. The lowest BCUT2D eigenvalue weighted by Gasteiger charge is -2.08. The van der Waals surface area contributed by atoms with E-state index >= 15 is 0 Å². The number of benzene rings is 2. The Labute approximate surface area is 104 Å². The van der Waals surface area contributed by atoms with Gasteiger partial charge in [-0.25, -0.2) is 0 Å². The van der Waals surface area contributed by atoms with E-state index in [0.29, 0.717) is 0 Å². The molecule has 0 fully saturated rings. The first-order valence-corrected chi connectivity index (χ1v) is 6.20. The topological polar surface area (TPSA) is 22.1 Å². The zero-order chi connectivity index (χ0) is 11.7. The predicted octanol–water partition coefficient (Wildman–Crippen LogP) is 3.97. The van der Waals surface area contributed by atoms with Gasteiger partial charge in [0.25, 0.3) is 0 Å². The maximum atomic E-state index is 5.44. The summed E-state index contributed by atoms with van der Waals surface area (Å²) in [6, 6.07) is 14.3. The Balaban J connectivity index is 2.38. The molecular weight excluding hydrogens is 230 g/mol. The summed E-state index contributed by atoms with van der Waals surface area (Å²) in [6.07, 6.45) is 0. The van der Waals surface area contributed by atoms with Crippen LogP contribution in [-0.2, 0) is 0 Å². The van der Waals surface area contributed by atoms with Crippen molar-refractivity contribution in [2.24, 2.45) is 0 Å². The summed E-state index contributed by atoms with van der Waals surface area (Å²) < 4.78 is 9.84. The normalized spacial score (nSPS) is 10.6. The van der Waals surface area contributed by atoms with Crippen molar-refractivity contribution < 1.29 is 4.74 Å². The molecule has 3 heteroatoms. The van der Waals surface area contributed by atoms with E-state index in [9.17, 15) is 0 Å². The fourth-order valence-corrected chi connectivity index (χ4v) is 2.56. The number of fused-ring (bicyclic) bond motifs is 1. The van der Waals surface area contributed by atoms with Crippen LogP contribution < -0.4 is 4.74 Å². The third kappa shape index (κ3) is 1.68. The molecule has 0 amide bonds. The van der Waals surface area contributed by atoms with Crippen LogP contribution in [0.4, 0.5) is 0 Å². The first kappa shape index (κ1) is 10.3. The first-order valence-electron chi connectivity index (χ1n) is 5.36. The van der Waals surface area contributed by atoms with Gasteiger partial charge < -0.3 is 4.74 Å². The van der Waals surface area contributed by atoms with E-state index in [2.05, 4.69) is 28.6 Å². The van der Waals surface area contributed by atoms with E-state index in [0.717, 1.165) is 22.4 Å². The SMILES string of the molecule is COc1cccc2cccc(-c3ccsn3)c12. The number of hydrogen-bond donors (Lipinski definition) is 0. The molecule has 3 rings (SSSR count). The molecule has 2 nitrogen and oxygen atoms in total. The Morgan fingerprint density at radius 1 is 1.06 bits per heavy atom. The zero-order valence-electron chi connectivity index (χ0n) is 9.38. The number of nitrogens with zero attached hydrogens (tertiary/aromatic N) is 1. The summed E-state index contributed by atoms with van der Waals surface area (Å²) in [5.41, 5.74) is 2.13. The Hall–Kier alpha value is -1.87. The van der Waals surface area contributed by atoms with Gasteiger partial charge in [0.2, 0.25) is 0 Å². The summed E-state index contributed by atoms with van der Waals surface area (Å²) in [5, 5.41) is 4.29. The smallest absolute Gasteiger partial charge is 0.127 e. The highest BCUT2D eigenvalue weighted by molar-refractivity contribution is 7.03. The summed E-state index contributed by atoms with van der Waals surface area (Å²) in [6.45, 7) is 0. The van der Waals surface area contributed by atoms with Gasteiger partial charge in [0.1, 0.15) is 5.75 Å². The van der Waals surface area contributed by atoms with Gasteiger partial charge in [0.15, 0.2) is 0 Å². The van der Waals surface area contributed by atoms with Gasteiger partial charge in [-0.2, -0.15) is 4.37 Å². The summed E-state index contributed by atoms with van der Waals surface area (Å²) in [4.78, 5) is 0. The van der Waals surface area contributed by atoms with Crippen LogP contribution in [0.1, 0.15) is 0 Å². The molecule has 0 radical (unpaired) electrons. The van der Waals surface area contributed by atoms with Crippen molar-refractivity contribution >= 4 is 22.3 Å². The maximum Gasteiger partial charge on any atom is 0.127 e. The number of hydrogen-bond acceptors (Lipinski definition) is 3. The fourth-order valence-electron chi connectivity index (χ4n) is 2.04. The average molecular weight is 241 g/mol. The third-order valence-electron chi connectivity index (χ3n) is 2.80. The predicted molar refractivity (Wildman–Crippen MR) is 71.6 cm³/mol. The van der Waals surface area contributed by atoms with Crippen molar-refractivity contribution in [3.8, 4) is 17.0 Å². The van der Waals surface area contributed by atoms with Crippen LogP contribution in [0.25, 0.3) is 22.0 Å². The largest absolute Gasteiger partial charge is 0.496 e. The average Bonchev–Trinajstić information content (AvgIpc) is 2.91. The summed E-state index contributed by atoms with van der Waals surface area (Å²) >= 11 is 1.47. The highest BCUT2D eigenvalue weighted by Crippen LogP contribution is 2.34. The molecule has 0 aliphatic rings. The highest BCUT2D eigenvalue weighted by Gasteiger charge is 2.09. The van der Waals surface area contributed by atoms with Crippen molar-refractivity contribution in [3.05, 3.63) is 47.8 Å². The Morgan fingerprint density at radius 2 is 1.88 bits per heavy atom. The van der Waals surface area contributed by atoms with Crippen molar-refractivity contribution in [1.29, 1.82) is 0 Å². The van der Waals surface area contributed by atoms with Crippen LogP contribution in [-0.4, -0.2) is 11.5 Å². The van der Waals surface area contributed by atoms with Crippen LogP contribution in [0.2, 0.25) is 0 Å². The molecule has 0 bridgehead atoms. The van der Waals surface area contributed by atoms with E-state index in [-0.39, 0.29) is 0 Å². The number of ether oxygens (including phenoxy) is 1. The van der Waals surface area contributed by atoms with Crippen LogP contribution in [0.3, 0.4) is 0 Å². The molecular formula is C14H11NOS. The molecule has 1 aromatic heterocycles. The fraction of sp³-hybridized carbons (Fsp3) is 0.0714. The molecule has 0 aliphatic carbocycles. The van der Waals surface area contributed by atoms with Crippen LogP contribution in [0, 0.1) is 0 Å². The minimum atomic E-state index is 0.895. The van der Waals surface area contributed by atoms with E-state index in [4.69, 9.17) is 4.74 Å². The van der Waals surface area contributed by atoms with Crippen LogP contribution in [0.15, 0.2) is 47.8 Å². The number of rotatable bonds is 2. The quantitative estimate of drug-likeness (QED) is 0.677. The second kappa shape index (κ2) is 4.18. The van der Waals surface area contributed by atoms with Crippen LogP contribution in [0.5, 0.6) is 5.75 Å². The molecule has 0 N–H and O–H groups in total. The molecule has 17 heavy (non-hydrogen) atoms. The standard InChI is InChI=1S/C14H11NOS/c1-16-13-7-3-5-10-4-2-6-11(14(10)13)12-8-9-17-15-12/h2-9H,1H3. The molecule has 1 heterocycles. The molecule has 0 aliphatic heterocycles. The molecule has 0 saturated heterocycles. The van der Waals surface area contributed by atoms with Crippen molar-refractivity contribution in [3.63, 3.8) is 0 Å². The van der Waals surface area contributed by atoms with Gasteiger partial charge in [0, 0.05) is 16.3 Å². The zero-order valence-corrected chi connectivity index (χ0v) is 10.2. The van der Waals surface area contributed by atoms with Crippen molar-refractivity contribution in [2.45, 2.75) is 0 Å². The molecule has 84 valence electrons. The second-order valence-corrected chi connectivity index (χ2v) is 4.41. The van der Waals surface area contributed by atoms with Crippen molar-refractivity contribution in [2.75, 3.05) is 7.11 Å². The minimum Gasteiger partial charge on any atom is -0.496 e. The number of aromatic nitrogens is 1. The highest BCUT2D eigenvalue weighted by atomic mass is 32.1. The van der Waals surface area contributed by atoms with Gasteiger partial charge in [-0.15, -0.1) is 0 Å². The maximum absolute atomic E-state index is 5.44. The Kier molecular flexibility index (Phi) is 2.53. The lowest BCUT2D eigenvalue weighted by molar-refractivity contribution is 0.420. The second-order valence-electron chi connectivity index (χ2n) is 3.75. The van der Waals surface area contributed by atoms with E-state index < -0.39 is 0 Å². The van der Waals surface area contributed by atoms with E-state index in [1.807, 2.05) is 23.6 Å². The molecule has 0 saturated carbocycles. The molecule has 0 atom stereocenters.